The first-order chi connectivity index (χ1) is 7.93. The summed E-state index contributed by atoms with van der Waals surface area (Å²) in [5, 5.41) is 9.81. The van der Waals surface area contributed by atoms with E-state index in [1.165, 1.54) is 0 Å². The Bertz CT molecular complexity index is 496. The molecular formula is C11H12N4O. The summed E-state index contributed by atoms with van der Waals surface area (Å²) < 4.78 is 5.32. The second kappa shape index (κ2) is 4.02. The highest BCUT2D eigenvalue weighted by Crippen LogP contribution is 2.18. The molecule has 0 aromatic carbocycles. The normalized spacial score (nSPS) is 16.6. The fourth-order valence-corrected chi connectivity index (χ4v) is 1.85. The number of anilines is 1. The fourth-order valence-electron chi connectivity index (χ4n) is 1.85. The van der Waals surface area contributed by atoms with Crippen LogP contribution in [0.3, 0.4) is 0 Å². The van der Waals surface area contributed by atoms with E-state index in [4.69, 9.17) is 4.74 Å². The molecule has 1 saturated heterocycles. The number of aromatic nitrogens is 3. The fraction of sp³-hybridized carbons (Fsp3) is 0.364. The molecule has 3 heterocycles. The van der Waals surface area contributed by atoms with Crippen LogP contribution in [0.15, 0.2) is 24.7 Å². The van der Waals surface area contributed by atoms with Crippen molar-refractivity contribution in [2.75, 3.05) is 31.2 Å². The van der Waals surface area contributed by atoms with Crippen molar-refractivity contribution in [2.24, 2.45) is 0 Å². The lowest BCUT2D eigenvalue weighted by Gasteiger charge is -2.27. The van der Waals surface area contributed by atoms with E-state index >= 15 is 0 Å². The van der Waals surface area contributed by atoms with Crippen molar-refractivity contribution >= 4 is 16.6 Å². The molecule has 82 valence electrons. The van der Waals surface area contributed by atoms with Crippen LogP contribution in [0.5, 0.6) is 0 Å². The van der Waals surface area contributed by atoms with E-state index in [9.17, 15) is 0 Å². The number of rotatable bonds is 1. The first-order valence-corrected chi connectivity index (χ1v) is 5.32. The largest absolute Gasteiger partial charge is 0.378 e. The van der Waals surface area contributed by atoms with E-state index in [2.05, 4.69) is 26.1 Å². The van der Waals surface area contributed by atoms with Crippen LogP contribution in [0, 0.1) is 0 Å². The predicted molar refractivity (Wildman–Crippen MR) is 60.4 cm³/mol. The van der Waals surface area contributed by atoms with Gasteiger partial charge in [-0.1, -0.05) is 0 Å². The first-order valence-electron chi connectivity index (χ1n) is 5.32. The average molecular weight is 216 g/mol. The molecule has 2 aromatic rings. The summed E-state index contributed by atoms with van der Waals surface area (Å²) in [4.78, 5) is 6.66. The Morgan fingerprint density at radius 1 is 1.00 bits per heavy atom. The molecule has 0 spiro atoms. The molecule has 16 heavy (non-hydrogen) atoms. The van der Waals surface area contributed by atoms with Gasteiger partial charge in [0.25, 0.3) is 0 Å². The maximum atomic E-state index is 5.32. The summed E-state index contributed by atoms with van der Waals surface area (Å²) in [6.45, 7) is 3.34. The summed E-state index contributed by atoms with van der Waals surface area (Å²) in [5.41, 5.74) is 0. The molecule has 3 rings (SSSR count). The van der Waals surface area contributed by atoms with Crippen LogP contribution in [0.4, 0.5) is 5.82 Å². The topological polar surface area (TPSA) is 51.1 Å². The zero-order valence-electron chi connectivity index (χ0n) is 8.83. The maximum absolute atomic E-state index is 5.32. The highest BCUT2D eigenvalue weighted by Gasteiger charge is 2.12. The van der Waals surface area contributed by atoms with Crippen molar-refractivity contribution in [3.05, 3.63) is 24.7 Å². The van der Waals surface area contributed by atoms with Gasteiger partial charge in [0.2, 0.25) is 0 Å². The second-order valence-corrected chi connectivity index (χ2v) is 3.76. The summed E-state index contributed by atoms with van der Waals surface area (Å²) in [6.07, 6.45) is 5.33. The van der Waals surface area contributed by atoms with Gasteiger partial charge in [-0.25, -0.2) is 4.98 Å². The van der Waals surface area contributed by atoms with Crippen LogP contribution in [0.25, 0.3) is 10.8 Å². The third-order valence-electron chi connectivity index (χ3n) is 2.75. The number of hydrogen-bond donors (Lipinski definition) is 0. The molecule has 5 heteroatoms. The Morgan fingerprint density at radius 2 is 1.75 bits per heavy atom. The van der Waals surface area contributed by atoms with Crippen molar-refractivity contribution in [2.45, 2.75) is 0 Å². The Kier molecular flexibility index (Phi) is 2.38. The number of ether oxygens (including phenoxy) is 1. The summed E-state index contributed by atoms with van der Waals surface area (Å²) in [5.74, 6) is 0.990. The molecule has 1 aliphatic heterocycles. The molecule has 0 saturated carbocycles. The highest BCUT2D eigenvalue weighted by molar-refractivity contribution is 5.82. The van der Waals surface area contributed by atoms with Gasteiger partial charge in [0.15, 0.2) is 0 Å². The number of nitrogens with zero attached hydrogens (tertiary/aromatic N) is 4. The third kappa shape index (κ3) is 1.69. The summed E-state index contributed by atoms with van der Waals surface area (Å²) in [7, 11) is 0. The Hall–Kier alpha value is -1.75. The highest BCUT2D eigenvalue weighted by atomic mass is 16.5. The Labute approximate surface area is 93.1 Å². The van der Waals surface area contributed by atoms with E-state index in [0.29, 0.717) is 0 Å². The molecule has 0 aliphatic carbocycles. The van der Waals surface area contributed by atoms with Gasteiger partial charge in [0.05, 0.1) is 25.6 Å². The van der Waals surface area contributed by atoms with Gasteiger partial charge in [-0.15, -0.1) is 0 Å². The minimum absolute atomic E-state index is 0.772. The monoisotopic (exact) mass is 216 g/mol. The minimum atomic E-state index is 0.772. The van der Waals surface area contributed by atoms with Crippen LogP contribution in [-0.2, 0) is 4.74 Å². The smallest absolute Gasteiger partial charge is 0.129 e. The van der Waals surface area contributed by atoms with Crippen molar-refractivity contribution in [3.63, 3.8) is 0 Å². The maximum Gasteiger partial charge on any atom is 0.129 e. The molecule has 1 fully saturated rings. The molecule has 1 aliphatic rings. The molecule has 2 aromatic heterocycles. The number of morpholine rings is 1. The molecule has 0 atom stereocenters. The van der Waals surface area contributed by atoms with Gasteiger partial charge in [-0.05, 0) is 6.07 Å². The zero-order chi connectivity index (χ0) is 10.8. The van der Waals surface area contributed by atoms with Crippen LogP contribution < -0.4 is 4.90 Å². The molecule has 0 N–H and O–H groups in total. The molecule has 0 radical (unpaired) electrons. The number of fused-ring (bicyclic) bond motifs is 1. The van der Waals surface area contributed by atoms with Crippen LogP contribution >= 0.6 is 0 Å². The Morgan fingerprint density at radius 3 is 2.56 bits per heavy atom. The van der Waals surface area contributed by atoms with E-state index in [-0.39, 0.29) is 0 Å². The standard InChI is InChI=1S/C11H12N4O/c1-3-16-4-2-15(1)11-5-9-7-13-14-8-10(9)6-12-11/h5-8H,1-4H2. The minimum Gasteiger partial charge on any atom is -0.378 e. The van der Waals surface area contributed by atoms with Crippen LogP contribution in [-0.4, -0.2) is 41.5 Å². The molecule has 0 amide bonds. The predicted octanol–water partition coefficient (Wildman–Crippen LogP) is 0.861. The van der Waals surface area contributed by atoms with E-state index in [0.717, 1.165) is 42.9 Å². The zero-order valence-corrected chi connectivity index (χ0v) is 8.83. The second-order valence-electron chi connectivity index (χ2n) is 3.76. The lowest BCUT2D eigenvalue weighted by Crippen LogP contribution is -2.36. The lowest BCUT2D eigenvalue weighted by atomic mass is 10.2. The van der Waals surface area contributed by atoms with Gasteiger partial charge < -0.3 is 9.64 Å². The molecule has 0 unspecified atom stereocenters. The SMILES string of the molecule is c1nncc2cc(N3CCOCC3)ncc12. The van der Waals surface area contributed by atoms with Crippen molar-refractivity contribution in [3.8, 4) is 0 Å². The molecular weight excluding hydrogens is 204 g/mol. The van der Waals surface area contributed by atoms with Gasteiger partial charge >= 0.3 is 0 Å². The summed E-state index contributed by atoms with van der Waals surface area (Å²) in [6, 6.07) is 2.05. The van der Waals surface area contributed by atoms with Gasteiger partial charge in [-0.3, -0.25) is 0 Å². The van der Waals surface area contributed by atoms with Crippen LogP contribution in [0.1, 0.15) is 0 Å². The van der Waals surface area contributed by atoms with E-state index < -0.39 is 0 Å². The van der Waals surface area contributed by atoms with Crippen molar-refractivity contribution < 1.29 is 4.74 Å². The average Bonchev–Trinajstić information content (AvgIpc) is 2.39. The number of pyridine rings is 1. The van der Waals surface area contributed by atoms with Crippen molar-refractivity contribution in [1.82, 2.24) is 15.2 Å². The molecule has 5 nitrogen and oxygen atoms in total. The van der Waals surface area contributed by atoms with Gasteiger partial charge in [0, 0.05) is 30.1 Å². The lowest BCUT2D eigenvalue weighted by molar-refractivity contribution is 0.122. The van der Waals surface area contributed by atoms with Gasteiger partial charge in [-0.2, -0.15) is 10.2 Å². The van der Waals surface area contributed by atoms with Crippen LogP contribution in [0.2, 0.25) is 0 Å². The third-order valence-corrected chi connectivity index (χ3v) is 2.75. The number of hydrogen-bond acceptors (Lipinski definition) is 5. The van der Waals surface area contributed by atoms with E-state index in [1.807, 2.05) is 6.20 Å². The quantitative estimate of drug-likeness (QED) is 0.707. The summed E-state index contributed by atoms with van der Waals surface area (Å²) >= 11 is 0. The van der Waals surface area contributed by atoms with Gasteiger partial charge in [0.1, 0.15) is 5.82 Å². The van der Waals surface area contributed by atoms with E-state index in [1.54, 1.807) is 12.4 Å². The molecule has 0 bridgehead atoms. The Balaban J connectivity index is 1.97. The first kappa shape index (κ1) is 9.47. The van der Waals surface area contributed by atoms with Crippen molar-refractivity contribution in [1.29, 1.82) is 0 Å².